The fourth-order valence-electron chi connectivity index (χ4n) is 6.54. The van der Waals surface area contributed by atoms with Crippen molar-refractivity contribution >= 4 is 38.9 Å². The number of fused-ring (bicyclic) bond motifs is 9. The number of hydrogen-bond donors (Lipinski definition) is 0. The normalized spacial score (nSPS) is 13.1. The Balaban J connectivity index is 0.923. The number of carbonyl (C=O) groups is 1. The minimum atomic E-state index is -0.755. The van der Waals surface area contributed by atoms with Gasteiger partial charge in [0.2, 0.25) is 0 Å². The van der Waals surface area contributed by atoms with Crippen LogP contribution in [-0.4, -0.2) is 29.0 Å². The molecule has 8 rings (SSSR count). The minimum Gasteiger partial charge on any atom is -0.487 e. The minimum absolute atomic E-state index is 0.0205. The molecular formula is C40H30N2O11. The predicted molar refractivity (Wildman–Crippen MR) is 192 cm³/mol. The summed E-state index contributed by atoms with van der Waals surface area (Å²) in [5, 5.41) is 26.5. The van der Waals surface area contributed by atoms with E-state index in [2.05, 4.69) is 30.3 Å². The van der Waals surface area contributed by atoms with Crippen LogP contribution in [0.4, 0.5) is 11.4 Å². The Morgan fingerprint density at radius 1 is 0.604 bits per heavy atom. The molecule has 6 aromatic rings. The topological polar surface area (TPSA) is 159 Å². The van der Waals surface area contributed by atoms with Crippen LogP contribution in [0.25, 0.3) is 21.5 Å². The highest BCUT2D eigenvalue weighted by atomic mass is 16.6. The van der Waals surface area contributed by atoms with Crippen LogP contribution in [-0.2, 0) is 31.2 Å². The summed E-state index contributed by atoms with van der Waals surface area (Å²) in [5.74, 6) is 1.58. The van der Waals surface area contributed by atoms with E-state index < -0.39 is 27.2 Å². The second-order valence-corrected chi connectivity index (χ2v) is 12.5. The molecule has 0 fully saturated rings. The van der Waals surface area contributed by atoms with Crippen molar-refractivity contribution < 1.29 is 43.1 Å². The van der Waals surface area contributed by atoms with Crippen molar-refractivity contribution in [3.8, 4) is 28.7 Å². The van der Waals surface area contributed by atoms with Gasteiger partial charge in [0.1, 0.15) is 26.4 Å². The molecule has 6 aromatic carbocycles. The molecule has 0 unspecified atom stereocenters. The van der Waals surface area contributed by atoms with E-state index in [1.165, 1.54) is 6.07 Å². The van der Waals surface area contributed by atoms with Crippen LogP contribution in [0.1, 0.15) is 39.0 Å². The zero-order chi connectivity index (χ0) is 36.5. The van der Waals surface area contributed by atoms with Gasteiger partial charge in [-0.2, -0.15) is 0 Å². The van der Waals surface area contributed by atoms with E-state index in [0.717, 1.165) is 61.7 Å². The number of ether oxygens (including phenoxy) is 6. The lowest BCUT2D eigenvalue weighted by molar-refractivity contribution is -0.394. The smallest absolute Gasteiger partial charge is 0.338 e. The zero-order valence-electron chi connectivity index (χ0n) is 28.1. The molecule has 0 aliphatic carbocycles. The summed E-state index contributed by atoms with van der Waals surface area (Å²) in [5.41, 5.74) is 3.14. The van der Waals surface area contributed by atoms with Gasteiger partial charge in [-0.3, -0.25) is 20.2 Å². The Labute approximate surface area is 301 Å². The summed E-state index contributed by atoms with van der Waals surface area (Å²) in [6.07, 6.45) is 0.221. The van der Waals surface area contributed by atoms with Gasteiger partial charge in [0.05, 0.1) is 34.7 Å². The monoisotopic (exact) mass is 714 g/mol. The van der Waals surface area contributed by atoms with Crippen LogP contribution in [0.5, 0.6) is 28.7 Å². The van der Waals surface area contributed by atoms with E-state index in [9.17, 15) is 25.0 Å². The first-order valence-electron chi connectivity index (χ1n) is 16.8. The van der Waals surface area contributed by atoms with Crippen molar-refractivity contribution in [2.75, 3.05) is 13.2 Å². The van der Waals surface area contributed by atoms with Crippen molar-refractivity contribution in [1.82, 2.24) is 0 Å². The summed E-state index contributed by atoms with van der Waals surface area (Å²) in [4.78, 5) is 33.7. The van der Waals surface area contributed by atoms with Crippen LogP contribution >= 0.6 is 0 Å². The molecule has 2 aliphatic rings. The first-order chi connectivity index (χ1) is 25.8. The summed E-state index contributed by atoms with van der Waals surface area (Å²) in [6, 6.07) is 28.4. The van der Waals surface area contributed by atoms with Crippen molar-refractivity contribution in [3.05, 3.63) is 145 Å². The fraction of sp³-hybridized carbons (Fsp3) is 0.175. The van der Waals surface area contributed by atoms with Gasteiger partial charge in [-0.25, -0.2) is 4.79 Å². The third kappa shape index (κ3) is 6.55. The van der Waals surface area contributed by atoms with Crippen LogP contribution in [0, 0.1) is 20.2 Å². The molecule has 13 heteroatoms. The molecule has 266 valence electrons. The summed E-state index contributed by atoms with van der Waals surface area (Å²) in [6.45, 7) is 1.15. The Hall–Kier alpha value is -6.89. The molecule has 0 saturated carbocycles. The lowest BCUT2D eigenvalue weighted by Gasteiger charge is -2.25. The molecule has 13 nitrogen and oxygen atoms in total. The fourth-order valence-corrected chi connectivity index (χ4v) is 6.54. The maximum Gasteiger partial charge on any atom is 0.338 e. The average Bonchev–Trinajstić information content (AvgIpc) is 3.16. The second kappa shape index (κ2) is 14.0. The molecule has 0 radical (unpaired) electrons. The first-order valence-corrected chi connectivity index (χ1v) is 16.8. The lowest BCUT2D eigenvalue weighted by Crippen LogP contribution is -2.15. The highest BCUT2D eigenvalue weighted by Crippen LogP contribution is 2.45. The molecule has 2 heterocycles. The average molecular weight is 715 g/mol. The molecule has 53 heavy (non-hydrogen) atoms. The van der Waals surface area contributed by atoms with Gasteiger partial charge in [-0.1, -0.05) is 48.5 Å². The van der Waals surface area contributed by atoms with E-state index in [1.54, 1.807) is 18.2 Å². The Morgan fingerprint density at radius 3 is 1.75 bits per heavy atom. The SMILES string of the molecule is O=C(OCCCOc1ccc([N+](=O)[O-])cc1[N+](=O)[O-])c1ccc2c(c1)OCc1cc3c(cc1CO2)COc1c(c2ccccc2c2ccccc12)OC3. The molecule has 2 aliphatic heterocycles. The van der Waals surface area contributed by atoms with Gasteiger partial charge in [-0.05, 0) is 69.4 Å². The van der Waals surface area contributed by atoms with Crippen molar-refractivity contribution in [2.24, 2.45) is 0 Å². The quantitative estimate of drug-likeness (QED) is 0.0490. The number of non-ortho nitro benzene ring substituents is 1. The van der Waals surface area contributed by atoms with E-state index in [-0.39, 0.29) is 44.2 Å². The number of nitro benzene ring substituents is 2. The number of hydrogen-bond acceptors (Lipinski definition) is 11. The summed E-state index contributed by atoms with van der Waals surface area (Å²) in [7, 11) is 0. The van der Waals surface area contributed by atoms with Crippen LogP contribution in [0.3, 0.4) is 0 Å². The molecule has 0 saturated heterocycles. The van der Waals surface area contributed by atoms with Crippen LogP contribution in [0.15, 0.2) is 97.1 Å². The van der Waals surface area contributed by atoms with Crippen LogP contribution < -0.4 is 23.7 Å². The van der Waals surface area contributed by atoms with Gasteiger partial charge >= 0.3 is 11.7 Å². The standard InChI is InChI=1S/C40H30N2O11/c43-40(49-15-5-14-48-35-13-11-29(41(44)45)19-34(35)42(46)47)24-10-12-36-37(18-24)51-21-26-17-28-23-53-39-33-9-4-2-7-31(33)30-6-1-3-8-32(30)38(39)52-22-27(28)16-25(26)20-50-36/h1-4,6-13,16-19H,5,14-15,20-23H2. The van der Waals surface area contributed by atoms with Crippen molar-refractivity contribution in [2.45, 2.75) is 32.8 Å². The second-order valence-electron chi connectivity index (χ2n) is 12.5. The number of esters is 1. The molecule has 0 N–H and O–H groups in total. The largest absolute Gasteiger partial charge is 0.487 e. The van der Waals surface area contributed by atoms with Crippen LogP contribution in [0.2, 0.25) is 0 Å². The molecule has 0 atom stereocenters. The maximum atomic E-state index is 12.9. The van der Waals surface area contributed by atoms with Gasteiger partial charge in [0.15, 0.2) is 28.7 Å². The van der Waals surface area contributed by atoms with E-state index >= 15 is 0 Å². The third-order valence-electron chi connectivity index (χ3n) is 9.18. The molecular weight excluding hydrogens is 684 g/mol. The van der Waals surface area contributed by atoms with Gasteiger partial charge in [-0.15, -0.1) is 0 Å². The van der Waals surface area contributed by atoms with E-state index in [4.69, 9.17) is 28.4 Å². The number of rotatable bonds is 8. The first kappa shape index (κ1) is 33.3. The van der Waals surface area contributed by atoms with Gasteiger partial charge < -0.3 is 28.4 Å². The third-order valence-corrected chi connectivity index (χ3v) is 9.18. The Morgan fingerprint density at radius 2 is 1.17 bits per heavy atom. The van der Waals surface area contributed by atoms with Gasteiger partial charge in [0.25, 0.3) is 5.69 Å². The highest BCUT2D eigenvalue weighted by molar-refractivity contribution is 6.13. The summed E-state index contributed by atoms with van der Waals surface area (Å²) < 4.78 is 36.2. The van der Waals surface area contributed by atoms with Crippen molar-refractivity contribution in [3.63, 3.8) is 0 Å². The lowest BCUT2D eigenvalue weighted by atomic mass is 9.97. The predicted octanol–water partition coefficient (Wildman–Crippen LogP) is 8.38. The molecule has 0 amide bonds. The molecule has 0 bridgehead atoms. The maximum absolute atomic E-state index is 12.9. The molecule has 0 spiro atoms. The zero-order valence-corrected chi connectivity index (χ0v) is 28.1. The number of carbonyl (C=O) groups excluding carboxylic acids is 1. The van der Waals surface area contributed by atoms with E-state index in [1.807, 2.05) is 30.3 Å². The molecule has 0 aromatic heterocycles. The summed E-state index contributed by atoms with van der Waals surface area (Å²) >= 11 is 0. The van der Waals surface area contributed by atoms with Gasteiger partial charge in [0, 0.05) is 23.3 Å². The highest BCUT2D eigenvalue weighted by Gasteiger charge is 2.24. The number of nitro groups is 2. The Bertz CT molecular complexity index is 2450. The van der Waals surface area contributed by atoms with E-state index in [0.29, 0.717) is 30.5 Å². The number of nitrogens with zero attached hydrogens (tertiary/aromatic N) is 2. The Kier molecular flexibility index (Phi) is 8.80. The van der Waals surface area contributed by atoms with Crippen molar-refractivity contribution in [1.29, 1.82) is 0 Å². The number of benzene rings is 6.